The van der Waals surface area contributed by atoms with Crippen LogP contribution in [0.4, 0.5) is 17.1 Å². The molecule has 0 unspecified atom stereocenters. The first-order valence-corrected chi connectivity index (χ1v) is 30.7. The summed E-state index contributed by atoms with van der Waals surface area (Å²) in [4.78, 5) is 2.37. The largest absolute Gasteiger partial charge is 0.311 e. The molecule has 0 aliphatic carbocycles. The smallest absolute Gasteiger partial charge is 0.0541 e. The molecule has 86 heavy (non-hydrogen) atoms. The monoisotopic (exact) mass is 1170 g/mol. The predicted molar refractivity (Wildman–Crippen MR) is 370 cm³/mol. The zero-order chi connectivity index (χ0) is 58.6. The summed E-state index contributed by atoms with van der Waals surface area (Å²) in [7, 11) is 0. The molecule has 416 valence electrons. The van der Waals surface area contributed by atoms with E-state index in [0.29, 0.717) is 0 Å². The molecule has 4 nitrogen and oxygen atoms in total. The molecule has 0 saturated carbocycles. The van der Waals surface area contributed by atoms with E-state index in [1.807, 2.05) is 0 Å². The van der Waals surface area contributed by atoms with E-state index in [-0.39, 0.29) is 10.8 Å². The normalized spacial score (nSPS) is 12.2. The van der Waals surface area contributed by atoms with E-state index in [9.17, 15) is 0 Å². The van der Waals surface area contributed by atoms with Crippen molar-refractivity contribution in [2.75, 3.05) is 4.90 Å². The van der Waals surface area contributed by atoms with Crippen molar-refractivity contribution in [3.05, 3.63) is 288 Å². The Bertz CT molecular complexity index is 4810. The van der Waals surface area contributed by atoms with Crippen molar-refractivity contribution in [3.8, 4) is 50.4 Å². The number of para-hydroxylation sites is 2. The van der Waals surface area contributed by atoms with Gasteiger partial charge >= 0.3 is 0 Å². The summed E-state index contributed by atoms with van der Waals surface area (Å²) in [5, 5.41) is 7.62. The van der Waals surface area contributed by atoms with Crippen molar-refractivity contribution in [2.24, 2.45) is 0 Å². The number of nitrogens with zero attached hydrogens (tertiary/aromatic N) is 4. The maximum absolute atomic E-state index is 3.71. The summed E-state index contributed by atoms with van der Waals surface area (Å²) in [6.07, 6.45) is 0. The van der Waals surface area contributed by atoms with Crippen molar-refractivity contribution in [3.63, 3.8) is 0 Å². The van der Waals surface area contributed by atoms with Gasteiger partial charge in [0.25, 0.3) is 0 Å². The van der Waals surface area contributed by atoms with Crippen LogP contribution in [0.2, 0.25) is 0 Å². The van der Waals surface area contributed by atoms with Gasteiger partial charge in [-0.25, -0.2) is 0 Å². The van der Waals surface area contributed by atoms with Gasteiger partial charge in [0.15, 0.2) is 0 Å². The van der Waals surface area contributed by atoms with Gasteiger partial charge in [-0.15, -0.1) is 0 Å². The summed E-state index contributed by atoms with van der Waals surface area (Å²) in [6.45, 7) is 16.0. The van der Waals surface area contributed by atoms with Crippen LogP contribution < -0.4 is 4.90 Å². The van der Waals surface area contributed by atoms with E-state index in [4.69, 9.17) is 0 Å². The Kier molecular flexibility index (Phi) is 12.7. The highest BCUT2D eigenvalue weighted by molar-refractivity contribution is 9.10. The minimum atomic E-state index is 0.0431. The molecule has 0 saturated heterocycles. The number of anilines is 3. The molecule has 15 rings (SSSR count). The highest BCUT2D eigenvalue weighted by Crippen LogP contribution is 2.42. The Labute approximate surface area is 511 Å². The molecular formula is C81H65BrN4. The lowest BCUT2D eigenvalue weighted by molar-refractivity contribution is 0.590. The summed E-state index contributed by atoms with van der Waals surface area (Å²) in [5.74, 6) is 0. The standard InChI is InChI=1S/C81H65BrN4/c1-52-16-44-76-70(48-52)68-12-8-10-14-74(68)84(76)65-38-23-56(24-39-65)53-17-32-62(33-18-53)83(63-34-19-54(20-35-63)57-25-40-66(41-26-57)85-75-15-11-9-13-69(75)73-51-61(82)31-47-79(73)85)64-36-21-55(22-37-64)58-27-42-67(43-28-58)86-77-45-29-59(80(2,3)4)49-71(77)72-50-60(81(5,6)7)30-46-78(72)86/h8-51H,1-7H3. The highest BCUT2D eigenvalue weighted by atomic mass is 79.9. The molecule has 0 radical (unpaired) electrons. The average molecular weight is 1170 g/mol. The van der Waals surface area contributed by atoms with Gasteiger partial charge in [0, 0.05) is 70.9 Å². The van der Waals surface area contributed by atoms with E-state index in [1.165, 1.54) is 93.2 Å². The Morgan fingerprint density at radius 2 is 0.570 bits per heavy atom. The predicted octanol–water partition coefficient (Wildman–Crippen LogP) is 23.1. The van der Waals surface area contributed by atoms with Gasteiger partial charge in [0.1, 0.15) is 0 Å². The highest BCUT2D eigenvalue weighted by Gasteiger charge is 2.22. The van der Waals surface area contributed by atoms with Crippen LogP contribution in [-0.4, -0.2) is 13.7 Å². The fraction of sp³-hybridized carbons (Fsp3) is 0.111. The molecular weight excluding hydrogens is 1110 g/mol. The van der Waals surface area contributed by atoms with E-state index in [2.05, 4.69) is 350 Å². The minimum absolute atomic E-state index is 0.0431. The molecule has 3 heterocycles. The SMILES string of the molecule is Cc1ccc2c(c1)c1ccccc1n2-c1ccc(-c2ccc(N(c3ccc(-c4ccc(-n5c6ccccc6c6cc(Br)ccc65)cc4)cc3)c3ccc(-c4ccc(-n5c6ccc(C(C)(C)C)cc6c6cc(C(C)(C)C)ccc65)cc4)cc3)cc2)cc1. The van der Waals surface area contributed by atoms with Crippen LogP contribution in [-0.2, 0) is 10.8 Å². The number of rotatable bonds is 9. The van der Waals surface area contributed by atoms with E-state index in [1.54, 1.807) is 0 Å². The molecule has 0 fully saturated rings. The molecule has 0 N–H and O–H groups in total. The molecule has 0 amide bonds. The molecule has 3 aromatic heterocycles. The minimum Gasteiger partial charge on any atom is -0.311 e. The van der Waals surface area contributed by atoms with Crippen LogP contribution in [0.5, 0.6) is 0 Å². The lowest BCUT2D eigenvalue weighted by Gasteiger charge is -2.26. The number of halogens is 1. The van der Waals surface area contributed by atoms with Gasteiger partial charge in [-0.3, -0.25) is 0 Å². The van der Waals surface area contributed by atoms with E-state index >= 15 is 0 Å². The molecule has 0 aliphatic rings. The van der Waals surface area contributed by atoms with Gasteiger partial charge in [0.05, 0.1) is 33.1 Å². The summed E-state index contributed by atoms with van der Waals surface area (Å²) >= 11 is 3.71. The maximum Gasteiger partial charge on any atom is 0.0541 e. The first-order chi connectivity index (χ1) is 41.7. The molecule has 0 bridgehead atoms. The Balaban J connectivity index is 0.759. The van der Waals surface area contributed by atoms with Gasteiger partial charge in [0.2, 0.25) is 0 Å². The Morgan fingerprint density at radius 1 is 0.279 bits per heavy atom. The third-order valence-corrected chi connectivity index (χ3v) is 18.2. The van der Waals surface area contributed by atoms with Crippen LogP contribution in [0.15, 0.2) is 271 Å². The summed E-state index contributed by atoms with van der Waals surface area (Å²) in [6, 6.07) is 99.0. The fourth-order valence-corrected chi connectivity index (χ4v) is 13.4. The number of hydrogen-bond acceptors (Lipinski definition) is 1. The zero-order valence-electron chi connectivity index (χ0n) is 49.6. The van der Waals surface area contributed by atoms with Crippen LogP contribution in [0.3, 0.4) is 0 Å². The molecule has 0 atom stereocenters. The van der Waals surface area contributed by atoms with Crippen LogP contribution in [0, 0.1) is 6.92 Å². The van der Waals surface area contributed by atoms with Crippen molar-refractivity contribution in [1.29, 1.82) is 0 Å². The molecule has 0 spiro atoms. The Morgan fingerprint density at radius 3 is 0.930 bits per heavy atom. The lowest BCUT2D eigenvalue weighted by Crippen LogP contribution is -2.10. The van der Waals surface area contributed by atoms with Crippen LogP contribution in [0.25, 0.3) is 116 Å². The maximum atomic E-state index is 3.71. The van der Waals surface area contributed by atoms with E-state index < -0.39 is 0 Å². The topological polar surface area (TPSA) is 18.0 Å². The third-order valence-electron chi connectivity index (χ3n) is 17.7. The summed E-state index contributed by atoms with van der Waals surface area (Å²) in [5.41, 5.74) is 25.0. The zero-order valence-corrected chi connectivity index (χ0v) is 51.2. The van der Waals surface area contributed by atoms with Crippen molar-refractivity contribution >= 4 is 98.4 Å². The quantitative estimate of drug-likeness (QED) is 0.141. The second kappa shape index (κ2) is 20.5. The van der Waals surface area contributed by atoms with Crippen LogP contribution in [0.1, 0.15) is 58.2 Å². The Hall–Kier alpha value is -9.68. The number of aryl methyl sites for hydroxylation is 1. The van der Waals surface area contributed by atoms with Crippen molar-refractivity contribution < 1.29 is 0 Å². The van der Waals surface area contributed by atoms with Gasteiger partial charge in [-0.2, -0.15) is 0 Å². The summed E-state index contributed by atoms with van der Waals surface area (Å²) < 4.78 is 8.27. The number of fused-ring (bicyclic) bond motifs is 9. The second-order valence-corrected chi connectivity index (χ2v) is 26.2. The third kappa shape index (κ3) is 9.21. The van der Waals surface area contributed by atoms with Gasteiger partial charge in [-0.1, -0.05) is 190 Å². The van der Waals surface area contributed by atoms with E-state index in [0.717, 1.165) is 60.9 Å². The molecule has 0 aliphatic heterocycles. The molecule has 15 aromatic rings. The van der Waals surface area contributed by atoms with Gasteiger partial charge in [-0.05, 0) is 202 Å². The van der Waals surface area contributed by atoms with Crippen molar-refractivity contribution in [2.45, 2.75) is 59.3 Å². The average Bonchev–Trinajstić information content (AvgIpc) is 1.68. The van der Waals surface area contributed by atoms with Gasteiger partial charge < -0.3 is 18.6 Å². The molecule has 12 aromatic carbocycles. The van der Waals surface area contributed by atoms with Crippen molar-refractivity contribution in [1.82, 2.24) is 13.7 Å². The first kappa shape index (κ1) is 53.1. The number of aromatic nitrogens is 3. The number of benzene rings is 12. The van der Waals surface area contributed by atoms with Crippen LogP contribution >= 0.6 is 15.9 Å². The second-order valence-electron chi connectivity index (χ2n) is 25.3. The first-order valence-electron chi connectivity index (χ1n) is 29.9. The fourth-order valence-electron chi connectivity index (χ4n) is 13.1. The molecule has 5 heteroatoms. The lowest BCUT2D eigenvalue weighted by atomic mass is 9.85. The number of hydrogen-bond donors (Lipinski definition) is 0.